The maximum Gasteiger partial charge on any atom is 0.258 e. The van der Waals surface area contributed by atoms with Crippen molar-refractivity contribution in [2.24, 2.45) is 0 Å². The Morgan fingerprint density at radius 3 is 2.68 bits per heavy atom. The van der Waals surface area contributed by atoms with Crippen LogP contribution in [0.2, 0.25) is 0 Å². The number of benzene rings is 2. The van der Waals surface area contributed by atoms with Gasteiger partial charge in [-0.2, -0.15) is 5.26 Å². The van der Waals surface area contributed by atoms with Crippen LogP contribution in [0.15, 0.2) is 53.4 Å². The first kappa shape index (κ1) is 14.7. The molecular weight excluding hydrogens is 292 g/mol. The third-order valence-corrected chi connectivity index (χ3v) is 4.99. The number of fused-ring (bicyclic) bond motifs is 1. The van der Waals surface area contributed by atoms with E-state index in [4.69, 9.17) is 5.26 Å². The number of carbonyl (C=O) groups is 1. The highest BCUT2D eigenvalue weighted by molar-refractivity contribution is 8.00. The van der Waals surface area contributed by atoms with Crippen molar-refractivity contribution in [3.63, 3.8) is 0 Å². The fourth-order valence-corrected chi connectivity index (χ4v) is 3.65. The molecule has 22 heavy (non-hydrogen) atoms. The molecule has 110 valence electrons. The van der Waals surface area contributed by atoms with Gasteiger partial charge in [-0.3, -0.25) is 4.79 Å². The van der Waals surface area contributed by atoms with Gasteiger partial charge in [0.1, 0.15) is 0 Å². The number of carbonyl (C=O) groups excluding carboxylic acids is 1. The molecule has 1 heterocycles. The van der Waals surface area contributed by atoms with Crippen molar-refractivity contribution < 1.29 is 4.79 Å². The molecule has 3 rings (SSSR count). The fourth-order valence-electron chi connectivity index (χ4n) is 2.54. The summed E-state index contributed by atoms with van der Waals surface area (Å²) >= 11 is 1.82. The third kappa shape index (κ3) is 2.86. The predicted octanol–water partition coefficient (Wildman–Crippen LogP) is 4.09. The van der Waals surface area contributed by atoms with Crippen molar-refractivity contribution in [3.8, 4) is 6.07 Å². The summed E-state index contributed by atoms with van der Waals surface area (Å²) in [4.78, 5) is 15.9. The van der Waals surface area contributed by atoms with E-state index in [1.807, 2.05) is 34.9 Å². The molecule has 1 amide bonds. The molecule has 0 radical (unpaired) electrons. The summed E-state index contributed by atoms with van der Waals surface area (Å²) in [5, 5.41) is 9.35. The van der Waals surface area contributed by atoms with Crippen molar-refractivity contribution in [3.05, 3.63) is 59.7 Å². The highest BCUT2D eigenvalue weighted by atomic mass is 32.2. The summed E-state index contributed by atoms with van der Waals surface area (Å²) in [5.74, 6) is -0.00774. The molecule has 0 bridgehead atoms. The minimum absolute atomic E-state index is 0.00774. The molecule has 0 saturated carbocycles. The number of thioether (sulfide) groups is 1. The van der Waals surface area contributed by atoms with Crippen molar-refractivity contribution >= 4 is 23.4 Å². The van der Waals surface area contributed by atoms with E-state index in [1.165, 1.54) is 0 Å². The normalized spacial score (nSPS) is 17.3. The van der Waals surface area contributed by atoms with Crippen molar-refractivity contribution in [2.75, 3.05) is 11.4 Å². The number of rotatable bonds is 1. The number of amides is 1. The molecule has 0 saturated heterocycles. The second kappa shape index (κ2) is 6.25. The summed E-state index contributed by atoms with van der Waals surface area (Å²) in [7, 11) is 0. The number of nitriles is 1. The maximum atomic E-state index is 12.9. The summed E-state index contributed by atoms with van der Waals surface area (Å²) < 4.78 is 0. The molecule has 1 aliphatic rings. The van der Waals surface area contributed by atoms with Crippen LogP contribution >= 0.6 is 11.8 Å². The van der Waals surface area contributed by atoms with Crippen LogP contribution in [0.1, 0.15) is 29.3 Å². The van der Waals surface area contributed by atoms with Gasteiger partial charge in [-0.05, 0) is 42.8 Å². The Labute approximate surface area is 134 Å². The summed E-state index contributed by atoms with van der Waals surface area (Å²) in [6, 6.07) is 17.0. The zero-order valence-electron chi connectivity index (χ0n) is 12.3. The van der Waals surface area contributed by atoms with Crippen LogP contribution in [0.3, 0.4) is 0 Å². The van der Waals surface area contributed by atoms with Gasteiger partial charge in [0.25, 0.3) is 5.91 Å². The second-order valence-electron chi connectivity index (χ2n) is 5.33. The Morgan fingerprint density at radius 2 is 1.95 bits per heavy atom. The Bertz CT molecular complexity index is 733. The molecule has 0 N–H and O–H groups in total. The van der Waals surface area contributed by atoms with E-state index in [0.29, 0.717) is 22.9 Å². The molecule has 1 aliphatic heterocycles. The highest BCUT2D eigenvalue weighted by Crippen LogP contribution is 2.37. The Hall–Kier alpha value is -2.25. The lowest BCUT2D eigenvalue weighted by Crippen LogP contribution is -2.32. The molecule has 0 aliphatic carbocycles. The summed E-state index contributed by atoms with van der Waals surface area (Å²) in [6.45, 7) is 2.90. The van der Waals surface area contributed by atoms with Crippen molar-refractivity contribution in [1.29, 1.82) is 5.26 Å². The van der Waals surface area contributed by atoms with E-state index in [9.17, 15) is 4.79 Å². The third-order valence-electron chi connectivity index (χ3n) is 3.75. The number of para-hydroxylation sites is 1. The van der Waals surface area contributed by atoms with Gasteiger partial charge >= 0.3 is 0 Å². The van der Waals surface area contributed by atoms with E-state index < -0.39 is 0 Å². The first-order chi connectivity index (χ1) is 10.7. The summed E-state index contributed by atoms with van der Waals surface area (Å²) in [5.41, 5.74) is 2.16. The lowest BCUT2D eigenvalue weighted by atomic mass is 10.1. The zero-order chi connectivity index (χ0) is 15.5. The minimum atomic E-state index is -0.00774. The van der Waals surface area contributed by atoms with E-state index in [1.54, 1.807) is 24.3 Å². The molecule has 1 atom stereocenters. The molecule has 2 aromatic rings. The standard InChI is InChI=1S/C18H16N2OS/c1-13-10-11-20(16-4-2-3-5-17(16)22-13)18(21)15-8-6-14(12-19)7-9-15/h2-9,13H,10-11H2,1H3. The number of hydrogen-bond donors (Lipinski definition) is 0. The van der Waals surface area contributed by atoms with Crippen LogP contribution in [0.4, 0.5) is 5.69 Å². The predicted molar refractivity (Wildman–Crippen MR) is 89.2 cm³/mol. The van der Waals surface area contributed by atoms with E-state index in [0.717, 1.165) is 17.0 Å². The Morgan fingerprint density at radius 1 is 1.23 bits per heavy atom. The molecule has 2 aromatic carbocycles. The number of hydrogen-bond acceptors (Lipinski definition) is 3. The zero-order valence-corrected chi connectivity index (χ0v) is 13.1. The van der Waals surface area contributed by atoms with Gasteiger partial charge in [0.15, 0.2) is 0 Å². The Balaban J connectivity index is 1.96. The topological polar surface area (TPSA) is 44.1 Å². The van der Waals surface area contributed by atoms with Crippen LogP contribution < -0.4 is 4.90 Å². The van der Waals surface area contributed by atoms with Crippen LogP contribution in [0, 0.1) is 11.3 Å². The number of nitrogens with zero attached hydrogens (tertiary/aromatic N) is 2. The van der Waals surface area contributed by atoms with Crippen molar-refractivity contribution in [2.45, 2.75) is 23.5 Å². The van der Waals surface area contributed by atoms with E-state index >= 15 is 0 Å². The SMILES string of the molecule is CC1CCN(C(=O)c2ccc(C#N)cc2)c2ccccc2S1. The molecule has 4 heteroatoms. The average Bonchev–Trinajstić information content (AvgIpc) is 2.72. The average molecular weight is 308 g/mol. The van der Waals surface area contributed by atoms with Crippen LogP contribution in [-0.2, 0) is 0 Å². The minimum Gasteiger partial charge on any atom is -0.307 e. The van der Waals surface area contributed by atoms with Gasteiger partial charge in [-0.15, -0.1) is 11.8 Å². The lowest BCUT2D eigenvalue weighted by molar-refractivity contribution is 0.0986. The van der Waals surface area contributed by atoms with Gasteiger partial charge in [0, 0.05) is 22.3 Å². The summed E-state index contributed by atoms with van der Waals surface area (Å²) in [6.07, 6.45) is 0.960. The van der Waals surface area contributed by atoms with Crippen molar-refractivity contribution in [1.82, 2.24) is 0 Å². The molecule has 0 fully saturated rings. The van der Waals surface area contributed by atoms with E-state index in [-0.39, 0.29) is 5.91 Å². The van der Waals surface area contributed by atoms with Gasteiger partial charge < -0.3 is 4.90 Å². The maximum absolute atomic E-state index is 12.9. The van der Waals surface area contributed by atoms with Gasteiger partial charge in [0.05, 0.1) is 17.3 Å². The molecule has 0 aromatic heterocycles. The van der Waals surface area contributed by atoms with E-state index in [2.05, 4.69) is 19.1 Å². The van der Waals surface area contributed by atoms with Crippen LogP contribution in [-0.4, -0.2) is 17.7 Å². The largest absolute Gasteiger partial charge is 0.307 e. The van der Waals surface area contributed by atoms with Crippen LogP contribution in [0.25, 0.3) is 0 Å². The first-order valence-corrected chi connectivity index (χ1v) is 8.14. The first-order valence-electron chi connectivity index (χ1n) is 7.27. The van der Waals surface area contributed by atoms with Gasteiger partial charge in [-0.25, -0.2) is 0 Å². The fraction of sp³-hybridized carbons (Fsp3) is 0.222. The molecule has 1 unspecified atom stereocenters. The Kier molecular flexibility index (Phi) is 4.17. The number of anilines is 1. The lowest BCUT2D eigenvalue weighted by Gasteiger charge is -2.22. The molecule has 0 spiro atoms. The smallest absolute Gasteiger partial charge is 0.258 e. The van der Waals surface area contributed by atoms with Crippen LogP contribution in [0.5, 0.6) is 0 Å². The second-order valence-corrected chi connectivity index (χ2v) is 6.81. The molecule has 3 nitrogen and oxygen atoms in total. The molecular formula is C18H16N2OS. The van der Waals surface area contributed by atoms with Gasteiger partial charge in [0.2, 0.25) is 0 Å². The highest BCUT2D eigenvalue weighted by Gasteiger charge is 2.24. The quantitative estimate of drug-likeness (QED) is 0.797. The van der Waals surface area contributed by atoms with Gasteiger partial charge in [-0.1, -0.05) is 19.1 Å². The monoisotopic (exact) mass is 308 g/mol.